The molecule has 31 heavy (non-hydrogen) atoms. The smallest absolute Gasteiger partial charge is 0.270 e. The van der Waals surface area contributed by atoms with Crippen LogP contribution in [0.25, 0.3) is 11.4 Å². The number of rotatable bonds is 6. The Morgan fingerprint density at radius 2 is 1.74 bits per heavy atom. The van der Waals surface area contributed by atoms with E-state index < -0.39 is 0 Å². The summed E-state index contributed by atoms with van der Waals surface area (Å²) >= 11 is 5.64. The van der Waals surface area contributed by atoms with E-state index in [4.69, 9.17) is 12.2 Å². The van der Waals surface area contributed by atoms with E-state index in [0.717, 1.165) is 11.3 Å². The van der Waals surface area contributed by atoms with Crippen molar-refractivity contribution in [2.45, 2.75) is 20.5 Å². The van der Waals surface area contributed by atoms with Crippen LogP contribution in [0, 0.1) is 18.6 Å². The van der Waals surface area contributed by atoms with Gasteiger partial charge < -0.3 is 5.32 Å². The van der Waals surface area contributed by atoms with Gasteiger partial charge in [-0.25, -0.2) is 9.36 Å². The van der Waals surface area contributed by atoms with Gasteiger partial charge in [-0.1, -0.05) is 36.4 Å². The first kappa shape index (κ1) is 20.5. The standard InChI is InChI=1S/C23H22N6OS/c1-16-8-9-20(14-17(16)2)25-15-28-23(31)29(21(26-28)18-6-4-3-5-7-18)27-22(30)19-10-12-24-13-11-19/h3-14,25H,15H2,1-2H3,(H,27,30). The highest BCUT2D eigenvalue weighted by Crippen LogP contribution is 2.18. The Labute approximate surface area is 185 Å². The van der Waals surface area contributed by atoms with E-state index >= 15 is 0 Å². The van der Waals surface area contributed by atoms with E-state index in [9.17, 15) is 4.79 Å². The monoisotopic (exact) mass is 430 g/mol. The summed E-state index contributed by atoms with van der Waals surface area (Å²) in [4.78, 5) is 16.7. The van der Waals surface area contributed by atoms with Crippen molar-refractivity contribution in [1.29, 1.82) is 0 Å². The van der Waals surface area contributed by atoms with Gasteiger partial charge >= 0.3 is 0 Å². The van der Waals surface area contributed by atoms with Crippen molar-refractivity contribution >= 4 is 23.8 Å². The van der Waals surface area contributed by atoms with E-state index in [2.05, 4.69) is 46.8 Å². The van der Waals surface area contributed by atoms with E-state index in [1.54, 1.807) is 29.2 Å². The first-order chi connectivity index (χ1) is 15.0. The molecule has 2 aromatic carbocycles. The third kappa shape index (κ3) is 4.54. The molecule has 156 valence electrons. The molecule has 0 aliphatic carbocycles. The maximum Gasteiger partial charge on any atom is 0.270 e. The Hall–Kier alpha value is -3.78. The van der Waals surface area contributed by atoms with Crippen LogP contribution in [-0.4, -0.2) is 25.3 Å². The molecule has 0 fully saturated rings. The number of benzene rings is 2. The van der Waals surface area contributed by atoms with Crippen LogP contribution in [0.15, 0.2) is 73.1 Å². The lowest BCUT2D eigenvalue weighted by molar-refractivity contribution is 0.101. The van der Waals surface area contributed by atoms with Crippen molar-refractivity contribution in [1.82, 2.24) is 19.4 Å². The minimum atomic E-state index is -0.294. The van der Waals surface area contributed by atoms with Crippen LogP contribution in [0.1, 0.15) is 21.5 Å². The van der Waals surface area contributed by atoms with Crippen LogP contribution in [0.3, 0.4) is 0 Å². The van der Waals surface area contributed by atoms with E-state index in [1.165, 1.54) is 15.8 Å². The van der Waals surface area contributed by atoms with Crippen LogP contribution in [0.4, 0.5) is 5.69 Å². The highest BCUT2D eigenvalue weighted by Gasteiger charge is 2.16. The van der Waals surface area contributed by atoms with Gasteiger partial charge in [0, 0.05) is 29.2 Å². The van der Waals surface area contributed by atoms with Gasteiger partial charge in [-0.15, -0.1) is 5.10 Å². The van der Waals surface area contributed by atoms with Crippen molar-refractivity contribution in [3.63, 3.8) is 0 Å². The molecule has 0 spiro atoms. The molecule has 0 bridgehead atoms. The second-order valence-corrected chi connectivity index (χ2v) is 7.48. The zero-order chi connectivity index (χ0) is 21.8. The molecule has 0 unspecified atom stereocenters. The fourth-order valence-electron chi connectivity index (χ4n) is 3.07. The van der Waals surface area contributed by atoms with Gasteiger partial charge in [0.05, 0.1) is 0 Å². The number of carbonyl (C=O) groups is 1. The fraction of sp³-hybridized carbons (Fsp3) is 0.130. The average Bonchev–Trinajstić information content (AvgIpc) is 3.11. The normalized spacial score (nSPS) is 10.6. The Kier molecular flexibility index (Phi) is 5.90. The minimum absolute atomic E-state index is 0.294. The van der Waals surface area contributed by atoms with Gasteiger partial charge in [-0.3, -0.25) is 15.2 Å². The first-order valence-corrected chi connectivity index (χ1v) is 10.2. The number of aromatic nitrogens is 4. The van der Waals surface area contributed by atoms with Gasteiger partial charge in [0.25, 0.3) is 5.91 Å². The molecule has 2 heterocycles. The molecular formula is C23H22N6OS. The van der Waals surface area contributed by atoms with Crippen molar-refractivity contribution in [2.24, 2.45) is 0 Å². The second kappa shape index (κ2) is 8.93. The van der Waals surface area contributed by atoms with Crippen LogP contribution in [0.2, 0.25) is 0 Å². The lowest BCUT2D eigenvalue weighted by atomic mass is 10.1. The molecule has 2 aromatic heterocycles. The number of pyridine rings is 1. The number of anilines is 1. The molecule has 4 rings (SSSR count). The summed E-state index contributed by atoms with van der Waals surface area (Å²) in [6.45, 7) is 4.51. The number of carbonyl (C=O) groups excluding carboxylic acids is 1. The summed E-state index contributed by atoms with van der Waals surface area (Å²) in [5.74, 6) is 0.257. The Balaban J connectivity index is 1.66. The number of amides is 1. The lowest BCUT2D eigenvalue weighted by Gasteiger charge is -2.09. The fourth-order valence-corrected chi connectivity index (χ4v) is 3.31. The van der Waals surface area contributed by atoms with E-state index in [-0.39, 0.29) is 5.91 Å². The van der Waals surface area contributed by atoms with Crippen molar-refractivity contribution < 1.29 is 4.79 Å². The molecule has 0 saturated heterocycles. The van der Waals surface area contributed by atoms with E-state index in [1.807, 2.05) is 36.4 Å². The third-order valence-corrected chi connectivity index (χ3v) is 5.36. The maximum atomic E-state index is 12.7. The minimum Gasteiger partial charge on any atom is -0.366 e. The molecular weight excluding hydrogens is 408 g/mol. The number of aryl methyl sites for hydroxylation is 2. The number of hydrogen-bond donors (Lipinski definition) is 2. The third-order valence-electron chi connectivity index (χ3n) is 4.97. The van der Waals surface area contributed by atoms with Crippen LogP contribution < -0.4 is 10.7 Å². The van der Waals surface area contributed by atoms with Gasteiger partial charge in [-0.05, 0) is 61.5 Å². The predicted molar refractivity (Wildman–Crippen MR) is 124 cm³/mol. The van der Waals surface area contributed by atoms with Crippen molar-refractivity contribution in [3.8, 4) is 11.4 Å². The van der Waals surface area contributed by atoms with Gasteiger partial charge in [-0.2, -0.15) is 0 Å². The van der Waals surface area contributed by atoms with Crippen LogP contribution >= 0.6 is 12.2 Å². The molecule has 2 N–H and O–H groups in total. The largest absolute Gasteiger partial charge is 0.366 e. The summed E-state index contributed by atoms with van der Waals surface area (Å²) in [5, 5.41) is 8.01. The van der Waals surface area contributed by atoms with Gasteiger partial charge in [0.2, 0.25) is 4.77 Å². The number of hydrogen-bond acceptors (Lipinski definition) is 5. The van der Waals surface area contributed by atoms with Crippen molar-refractivity contribution in [3.05, 3.63) is 94.5 Å². The summed E-state index contributed by atoms with van der Waals surface area (Å²) in [6.07, 6.45) is 3.15. The van der Waals surface area contributed by atoms with Gasteiger partial charge in [0.15, 0.2) is 5.82 Å². The quantitative estimate of drug-likeness (QED) is 0.439. The van der Waals surface area contributed by atoms with Crippen LogP contribution in [0.5, 0.6) is 0 Å². The summed E-state index contributed by atoms with van der Waals surface area (Å²) in [5.41, 5.74) is 7.60. The second-order valence-electron chi connectivity index (χ2n) is 7.12. The number of nitrogens with one attached hydrogen (secondary N) is 2. The SMILES string of the molecule is Cc1ccc(NCn2nc(-c3ccccc3)n(NC(=O)c3ccncc3)c2=S)cc1C. The molecule has 0 atom stereocenters. The highest BCUT2D eigenvalue weighted by molar-refractivity contribution is 7.71. The number of nitrogens with zero attached hydrogens (tertiary/aromatic N) is 4. The summed E-state index contributed by atoms with van der Waals surface area (Å²) in [7, 11) is 0. The van der Waals surface area contributed by atoms with E-state index in [0.29, 0.717) is 22.8 Å². The summed E-state index contributed by atoms with van der Waals surface area (Å²) < 4.78 is 3.56. The molecule has 8 heteroatoms. The Morgan fingerprint density at radius 1 is 1.00 bits per heavy atom. The van der Waals surface area contributed by atoms with Crippen molar-refractivity contribution in [2.75, 3.05) is 10.7 Å². The maximum absolute atomic E-state index is 12.7. The zero-order valence-electron chi connectivity index (χ0n) is 17.2. The zero-order valence-corrected chi connectivity index (χ0v) is 18.1. The molecule has 0 aliphatic heterocycles. The predicted octanol–water partition coefficient (Wildman–Crippen LogP) is 4.55. The van der Waals surface area contributed by atoms with Gasteiger partial charge in [0.1, 0.15) is 6.67 Å². The summed E-state index contributed by atoms with van der Waals surface area (Å²) in [6, 6.07) is 19.1. The molecule has 0 radical (unpaired) electrons. The molecule has 1 amide bonds. The molecule has 0 aliphatic rings. The lowest BCUT2D eigenvalue weighted by Crippen LogP contribution is -2.24. The van der Waals surface area contributed by atoms with Crippen LogP contribution in [-0.2, 0) is 6.67 Å². The Bertz CT molecular complexity index is 1260. The molecule has 0 saturated carbocycles. The topological polar surface area (TPSA) is 76.8 Å². The molecule has 7 nitrogen and oxygen atoms in total. The average molecular weight is 431 g/mol. The first-order valence-electron chi connectivity index (χ1n) is 9.81. The Morgan fingerprint density at radius 3 is 2.45 bits per heavy atom. The highest BCUT2D eigenvalue weighted by atomic mass is 32.1. The molecule has 4 aromatic rings.